The van der Waals surface area contributed by atoms with E-state index in [0.717, 1.165) is 12.7 Å². The Morgan fingerprint density at radius 1 is 1.17 bits per heavy atom. The molecule has 0 aliphatic carbocycles. The van der Waals surface area contributed by atoms with Gasteiger partial charge in [-0.25, -0.2) is 0 Å². The molecule has 0 aliphatic heterocycles. The first-order chi connectivity index (χ1) is 5.81. The molecule has 0 aromatic heterocycles. The number of hydrogen-bond acceptors (Lipinski definition) is 1. The molecule has 1 nitrogen and oxygen atoms in total. The smallest absolute Gasteiger partial charge is 0.120 e. The molecule has 72 valence electrons. The van der Waals surface area contributed by atoms with Gasteiger partial charge in [-0.2, -0.15) is 0 Å². The van der Waals surface area contributed by atoms with Crippen LogP contribution in [0.5, 0.6) is 0 Å². The molecule has 0 heterocycles. The summed E-state index contributed by atoms with van der Waals surface area (Å²) in [5, 5.41) is 0. The highest BCUT2D eigenvalue weighted by molar-refractivity contribution is 5.49. The first-order valence-corrected chi connectivity index (χ1v) is 5.24. The van der Waals surface area contributed by atoms with Crippen molar-refractivity contribution in [3.8, 4) is 0 Å². The van der Waals surface area contributed by atoms with Gasteiger partial charge in [0.1, 0.15) is 6.29 Å². The zero-order valence-corrected chi connectivity index (χ0v) is 8.51. The zero-order valence-electron chi connectivity index (χ0n) is 8.51. The summed E-state index contributed by atoms with van der Waals surface area (Å²) in [6.45, 7) is 4.39. The van der Waals surface area contributed by atoms with Gasteiger partial charge in [-0.15, -0.1) is 0 Å². The van der Waals surface area contributed by atoms with Crippen LogP contribution in [0.15, 0.2) is 0 Å². The first-order valence-electron chi connectivity index (χ1n) is 5.24. The van der Waals surface area contributed by atoms with Gasteiger partial charge in [-0.1, -0.05) is 52.4 Å². The fourth-order valence-corrected chi connectivity index (χ4v) is 1.38. The van der Waals surface area contributed by atoms with Gasteiger partial charge in [0, 0.05) is 6.42 Å². The number of carbonyl (C=O) groups excluding carboxylic acids is 1. The van der Waals surface area contributed by atoms with Crippen molar-refractivity contribution in [2.45, 2.75) is 58.8 Å². The van der Waals surface area contributed by atoms with Crippen molar-refractivity contribution < 1.29 is 4.79 Å². The Kier molecular flexibility index (Phi) is 8.52. The van der Waals surface area contributed by atoms with Crippen LogP contribution in [0.2, 0.25) is 0 Å². The topological polar surface area (TPSA) is 17.1 Å². The summed E-state index contributed by atoms with van der Waals surface area (Å²) < 4.78 is 0. The molecule has 1 atom stereocenters. The van der Waals surface area contributed by atoms with Gasteiger partial charge >= 0.3 is 0 Å². The normalized spacial score (nSPS) is 12.8. The SMILES string of the molecule is CCCCCCCC(C)CC=O. The van der Waals surface area contributed by atoms with E-state index in [1.807, 2.05) is 0 Å². The van der Waals surface area contributed by atoms with Crippen LogP contribution in [0.3, 0.4) is 0 Å². The lowest BCUT2D eigenvalue weighted by molar-refractivity contribution is -0.108. The van der Waals surface area contributed by atoms with Crippen LogP contribution in [0, 0.1) is 5.92 Å². The van der Waals surface area contributed by atoms with Crippen molar-refractivity contribution >= 4 is 6.29 Å². The van der Waals surface area contributed by atoms with Crippen LogP contribution in [0.1, 0.15) is 58.8 Å². The molecule has 0 fully saturated rings. The molecule has 0 radical (unpaired) electrons. The lowest BCUT2D eigenvalue weighted by Gasteiger charge is -2.06. The Balaban J connectivity index is 3.02. The Labute approximate surface area is 76.6 Å². The minimum atomic E-state index is 0.601. The molecular weight excluding hydrogens is 148 g/mol. The summed E-state index contributed by atoms with van der Waals surface area (Å²) in [4.78, 5) is 10.2. The fourth-order valence-electron chi connectivity index (χ4n) is 1.38. The summed E-state index contributed by atoms with van der Waals surface area (Å²) in [5.74, 6) is 0.601. The number of rotatable bonds is 8. The van der Waals surface area contributed by atoms with Crippen LogP contribution in [-0.4, -0.2) is 6.29 Å². The molecule has 0 N–H and O–H groups in total. The molecule has 0 saturated heterocycles. The quantitative estimate of drug-likeness (QED) is 0.402. The predicted molar refractivity (Wildman–Crippen MR) is 53.2 cm³/mol. The van der Waals surface area contributed by atoms with Crippen molar-refractivity contribution in [3.63, 3.8) is 0 Å². The van der Waals surface area contributed by atoms with Crippen LogP contribution in [0.4, 0.5) is 0 Å². The van der Waals surface area contributed by atoms with Crippen molar-refractivity contribution in [2.24, 2.45) is 5.92 Å². The lowest BCUT2D eigenvalue weighted by atomic mass is 10.00. The third-order valence-corrected chi connectivity index (χ3v) is 2.30. The van der Waals surface area contributed by atoms with Gasteiger partial charge in [-0.05, 0) is 5.92 Å². The average molecular weight is 170 g/mol. The first kappa shape index (κ1) is 11.7. The number of unbranched alkanes of at least 4 members (excludes halogenated alkanes) is 4. The number of aldehydes is 1. The fraction of sp³-hybridized carbons (Fsp3) is 0.909. The third kappa shape index (κ3) is 7.77. The molecule has 0 spiro atoms. The van der Waals surface area contributed by atoms with Crippen molar-refractivity contribution in [1.82, 2.24) is 0 Å². The largest absolute Gasteiger partial charge is 0.303 e. The van der Waals surface area contributed by atoms with E-state index in [1.165, 1.54) is 38.5 Å². The monoisotopic (exact) mass is 170 g/mol. The Bertz CT molecular complexity index is 99.2. The highest BCUT2D eigenvalue weighted by Gasteiger charge is 1.99. The van der Waals surface area contributed by atoms with E-state index in [2.05, 4.69) is 13.8 Å². The maximum atomic E-state index is 10.2. The number of carbonyl (C=O) groups is 1. The van der Waals surface area contributed by atoms with E-state index in [4.69, 9.17) is 0 Å². The van der Waals surface area contributed by atoms with E-state index in [0.29, 0.717) is 5.92 Å². The summed E-state index contributed by atoms with van der Waals surface area (Å²) in [5.41, 5.74) is 0. The second-order valence-electron chi connectivity index (χ2n) is 3.71. The molecule has 1 heteroatoms. The highest BCUT2D eigenvalue weighted by Crippen LogP contribution is 2.12. The lowest BCUT2D eigenvalue weighted by Crippen LogP contribution is -1.94. The van der Waals surface area contributed by atoms with E-state index in [-0.39, 0.29) is 0 Å². The molecule has 0 aromatic carbocycles. The van der Waals surface area contributed by atoms with E-state index in [1.54, 1.807) is 0 Å². The van der Waals surface area contributed by atoms with Crippen LogP contribution >= 0.6 is 0 Å². The zero-order chi connectivity index (χ0) is 9.23. The van der Waals surface area contributed by atoms with Crippen LogP contribution in [-0.2, 0) is 4.79 Å². The molecule has 0 bridgehead atoms. The molecule has 0 amide bonds. The molecule has 0 saturated carbocycles. The van der Waals surface area contributed by atoms with E-state index in [9.17, 15) is 4.79 Å². The molecular formula is C11H22O. The molecule has 0 aromatic rings. The minimum absolute atomic E-state index is 0.601. The van der Waals surface area contributed by atoms with Crippen LogP contribution < -0.4 is 0 Å². The standard InChI is InChI=1S/C11H22O/c1-3-4-5-6-7-8-11(2)9-10-12/h10-11H,3-9H2,1-2H3. The summed E-state index contributed by atoms with van der Waals surface area (Å²) in [7, 11) is 0. The second-order valence-corrected chi connectivity index (χ2v) is 3.71. The van der Waals surface area contributed by atoms with Gasteiger partial charge in [0.15, 0.2) is 0 Å². The van der Waals surface area contributed by atoms with Crippen molar-refractivity contribution in [1.29, 1.82) is 0 Å². The Hall–Kier alpha value is -0.330. The predicted octanol–water partition coefficient (Wildman–Crippen LogP) is 3.57. The second kappa shape index (κ2) is 8.76. The summed E-state index contributed by atoms with van der Waals surface area (Å²) in [6.07, 6.45) is 9.69. The summed E-state index contributed by atoms with van der Waals surface area (Å²) >= 11 is 0. The van der Waals surface area contributed by atoms with Crippen molar-refractivity contribution in [3.05, 3.63) is 0 Å². The highest BCUT2D eigenvalue weighted by atomic mass is 16.1. The molecule has 0 aliphatic rings. The van der Waals surface area contributed by atoms with Gasteiger partial charge in [0.25, 0.3) is 0 Å². The summed E-state index contributed by atoms with van der Waals surface area (Å²) in [6, 6.07) is 0. The molecule has 0 rings (SSSR count). The van der Waals surface area contributed by atoms with Crippen LogP contribution in [0.25, 0.3) is 0 Å². The minimum Gasteiger partial charge on any atom is -0.303 e. The Morgan fingerprint density at radius 2 is 1.83 bits per heavy atom. The Morgan fingerprint density at radius 3 is 2.42 bits per heavy atom. The van der Waals surface area contributed by atoms with Gasteiger partial charge in [0.05, 0.1) is 0 Å². The van der Waals surface area contributed by atoms with Gasteiger partial charge < -0.3 is 4.79 Å². The van der Waals surface area contributed by atoms with Crippen molar-refractivity contribution in [2.75, 3.05) is 0 Å². The van der Waals surface area contributed by atoms with Gasteiger partial charge in [-0.3, -0.25) is 0 Å². The molecule has 1 unspecified atom stereocenters. The maximum absolute atomic E-state index is 10.2. The number of hydrogen-bond donors (Lipinski definition) is 0. The molecule has 12 heavy (non-hydrogen) atoms. The third-order valence-electron chi connectivity index (χ3n) is 2.30. The average Bonchev–Trinajstić information content (AvgIpc) is 2.05. The van der Waals surface area contributed by atoms with E-state index >= 15 is 0 Å². The maximum Gasteiger partial charge on any atom is 0.120 e. The van der Waals surface area contributed by atoms with E-state index < -0.39 is 0 Å². The van der Waals surface area contributed by atoms with Gasteiger partial charge in [0.2, 0.25) is 0 Å².